The molecule has 0 aliphatic heterocycles. The topological polar surface area (TPSA) is 51.8 Å². The molecule has 0 atom stereocenters. The average Bonchev–Trinajstić information content (AvgIpc) is 3.09. The minimum atomic E-state index is 0.589. The summed E-state index contributed by atoms with van der Waals surface area (Å²) in [4.78, 5) is 13.7. The van der Waals surface area contributed by atoms with Crippen LogP contribution in [0.25, 0.3) is 44.4 Å². The van der Waals surface area contributed by atoms with E-state index in [1.165, 1.54) is 0 Å². The number of benzene rings is 2. The molecule has 0 radical (unpaired) electrons. The Hall–Kier alpha value is -3.27. The minimum absolute atomic E-state index is 0.589. The standard InChI is InChI=1S/C19H11N3O/c1-2-6-12(7-3-1)19-22-17-15-13(8-4-10-20-15)14-9-5-11-21-16(14)18(17)23-19/h1-11H. The van der Waals surface area contributed by atoms with Crippen LogP contribution in [0.2, 0.25) is 0 Å². The molecular weight excluding hydrogens is 286 g/mol. The normalized spacial score (nSPS) is 11.5. The van der Waals surface area contributed by atoms with Crippen molar-refractivity contribution in [3.05, 3.63) is 67.0 Å². The van der Waals surface area contributed by atoms with Gasteiger partial charge in [-0.2, -0.15) is 0 Å². The molecule has 3 aromatic heterocycles. The molecule has 0 amide bonds. The fraction of sp³-hybridized carbons (Fsp3) is 0. The highest BCUT2D eigenvalue weighted by atomic mass is 16.3. The Morgan fingerprint density at radius 1 is 0.652 bits per heavy atom. The first-order valence-electron chi connectivity index (χ1n) is 7.39. The summed E-state index contributed by atoms with van der Waals surface area (Å²) >= 11 is 0. The summed E-state index contributed by atoms with van der Waals surface area (Å²) < 4.78 is 6.06. The maximum atomic E-state index is 6.06. The lowest BCUT2D eigenvalue weighted by atomic mass is 10.1. The van der Waals surface area contributed by atoms with Crippen molar-refractivity contribution < 1.29 is 4.42 Å². The first-order chi connectivity index (χ1) is 11.4. The Kier molecular flexibility index (Phi) is 2.46. The molecule has 0 spiro atoms. The van der Waals surface area contributed by atoms with Crippen LogP contribution in [0.3, 0.4) is 0 Å². The number of fused-ring (bicyclic) bond motifs is 6. The molecule has 0 saturated heterocycles. The van der Waals surface area contributed by atoms with Gasteiger partial charge in [0, 0.05) is 28.7 Å². The summed E-state index contributed by atoms with van der Waals surface area (Å²) in [7, 11) is 0. The molecule has 5 aromatic rings. The molecule has 4 heteroatoms. The van der Waals surface area contributed by atoms with Gasteiger partial charge in [-0.3, -0.25) is 9.97 Å². The molecule has 0 N–H and O–H groups in total. The highest BCUT2D eigenvalue weighted by molar-refractivity contribution is 6.20. The quantitative estimate of drug-likeness (QED) is 0.425. The van der Waals surface area contributed by atoms with Crippen LogP contribution >= 0.6 is 0 Å². The third-order valence-electron chi connectivity index (χ3n) is 3.99. The van der Waals surface area contributed by atoms with Gasteiger partial charge in [-0.25, -0.2) is 4.98 Å². The van der Waals surface area contributed by atoms with E-state index in [0.29, 0.717) is 11.5 Å². The summed E-state index contributed by atoms with van der Waals surface area (Å²) in [6.45, 7) is 0. The van der Waals surface area contributed by atoms with E-state index in [1.54, 1.807) is 12.4 Å². The summed E-state index contributed by atoms with van der Waals surface area (Å²) in [5.74, 6) is 0.589. The van der Waals surface area contributed by atoms with Crippen LogP contribution in [0.15, 0.2) is 71.4 Å². The lowest BCUT2D eigenvalue weighted by Crippen LogP contribution is -1.85. The molecule has 108 valence electrons. The van der Waals surface area contributed by atoms with Crippen LogP contribution in [0, 0.1) is 0 Å². The van der Waals surface area contributed by atoms with Crippen LogP contribution in [0.1, 0.15) is 0 Å². The second kappa shape index (κ2) is 4.61. The number of aromatic nitrogens is 3. The van der Waals surface area contributed by atoms with Crippen LogP contribution < -0.4 is 0 Å². The SMILES string of the molecule is c1ccc(-c2nc3c4ncccc4c4cccnc4c3o2)cc1. The molecule has 2 aromatic carbocycles. The van der Waals surface area contributed by atoms with Crippen molar-refractivity contribution >= 4 is 32.9 Å². The third-order valence-corrected chi connectivity index (χ3v) is 3.99. The molecular formula is C19H11N3O. The van der Waals surface area contributed by atoms with Crippen LogP contribution in [0.4, 0.5) is 0 Å². The zero-order valence-corrected chi connectivity index (χ0v) is 12.1. The highest BCUT2D eigenvalue weighted by Gasteiger charge is 2.17. The lowest BCUT2D eigenvalue weighted by Gasteiger charge is -2.02. The Labute approximate surface area is 131 Å². The number of rotatable bonds is 1. The Morgan fingerprint density at radius 2 is 1.35 bits per heavy atom. The van der Waals surface area contributed by atoms with Gasteiger partial charge < -0.3 is 4.42 Å². The largest absolute Gasteiger partial charge is 0.434 e. The van der Waals surface area contributed by atoms with E-state index in [2.05, 4.69) is 9.97 Å². The van der Waals surface area contributed by atoms with Crippen molar-refractivity contribution in [2.45, 2.75) is 0 Å². The van der Waals surface area contributed by atoms with Gasteiger partial charge in [0.2, 0.25) is 5.89 Å². The predicted octanol–water partition coefficient (Wildman–Crippen LogP) is 4.59. The molecule has 0 bridgehead atoms. The Balaban J connectivity index is 1.99. The van der Waals surface area contributed by atoms with Gasteiger partial charge in [0.1, 0.15) is 16.6 Å². The Bertz CT molecular complexity index is 1090. The summed E-state index contributed by atoms with van der Waals surface area (Å²) in [5, 5.41) is 2.06. The number of hydrogen-bond acceptors (Lipinski definition) is 4. The van der Waals surface area contributed by atoms with Gasteiger partial charge >= 0.3 is 0 Å². The van der Waals surface area contributed by atoms with Gasteiger partial charge in [0.15, 0.2) is 5.58 Å². The van der Waals surface area contributed by atoms with Crippen molar-refractivity contribution in [3.63, 3.8) is 0 Å². The molecule has 23 heavy (non-hydrogen) atoms. The molecule has 0 aliphatic rings. The number of nitrogens with zero attached hydrogens (tertiary/aromatic N) is 3. The Morgan fingerprint density at radius 3 is 2.13 bits per heavy atom. The molecule has 0 unspecified atom stereocenters. The molecule has 3 heterocycles. The second-order valence-corrected chi connectivity index (χ2v) is 5.36. The summed E-state index contributed by atoms with van der Waals surface area (Å²) in [6, 6.07) is 17.8. The number of hydrogen-bond donors (Lipinski definition) is 0. The van der Waals surface area contributed by atoms with Crippen LogP contribution in [-0.4, -0.2) is 15.0 Å². The monoisotopic (exact) mass is 297 g/mol. The maximum absolute atomic E-state index is 6.06. The lowest BCUT2D eigenvalue weighted by molar-refractivity contribution is 0.622. The minimum Gasteiger partial charge on any atom is -0.434 e. The molecule has 5 rings (SSSR count). The molecule has 0 saturated carbocycles. The molecule has 4 nitrogen and oxygen atoms in total. The van der Waals surface area contributed by atoms with E-state index < -0.39 is 0 Å². The number of pyridine rings is 2. The van der Waals surface area contributed by atoms with E-state index in [4.69, 9.17) is 9.40 Å². The molecule has 0 fully saturated rings. The van der Waals surface area contributed by atoms with E-state index in [9.17, 15) is 0 Å². The van der Waals surface area contributed by atoms with Crippen molar-refractivity contribution in [1.82, 2.24) is 15.0 Å². The maximum Gasteiger partial charge on any atom is 0.227 e. The van der Waals surface area contributed by atoms with Gasteiger partial charge in [-0.1, -0.05) is 30.3 Å². The van der Waals surface area contributed by atoms with Gasteiger partial charge in [-0.05, 0) is 24.3 Å². The van der Waals surface area contributed by atoms with Crippen LogP contribution in [-0.2, 0) is 0 Å². The van der Waals surface area contributed by atoms with Crippen molar-refractivity contribution in [2.75, 3.05) is 0 Å². The highest BCUT2D eigenvalue weighted by Crippen LogP contribution is 2.34. The summed E-state index contributed by atoms with van der Waals surface area (Å²) in [5.41, 5.74) is 4.04. The van der Waals surface area contributed by atoms with Gasteiger partial charge in [0.05, 0.1) is 0 Å². The van der Waals surface area contributed by atoms with Crippen molar-refractivity contribution in [1.29, 1.82) is 0 Å². The predicted molar refractivity (Wildman–Crippen MR) is 90.0 cm³/mol. The first-order valence-corrected chi connectivity index (χ1v) is 7.39. The fourth-order valence-corrected chi connectivity index (χ4v) is 2.96. The average molecular weight is 297 g/mol. The van der Waals surface area contributed by atoms with E-state index >= 15 is 0 Å². The third kappa shape index (κ3) is 1.75. The van der Waals surface area contributed by atoms with Crippen LogP contribution in [0.5, 0.6) is 0 Å². The summed E-state index contributed by atoms with van der Waals surface area (Å²) in [6.07, 6.45) is 3.55. The second-order valence-electron chi connectivity index (χ2n) is 5.36. The fourth-order valence-electron chi connectivity index (χ4n) is 2.96. The molecule has 0 aliphatic carbocycles. The van der Waals surface area contributed by atoms with Crippen molar-refractivity contribution in [3.8, 4) is 11.5 Å². The smallest absolute Gasteiger partial charge is 0.227 e. The van der Waals surface area contributed by atoms with Gasteiger partial charge in [-0.15, -0.1) is 0 Å². The van der Waals surface area contributed by atoms with Gasteiger partial charge in [0.25, 0.3) is 0 Å². The van der Waals surface area contributed by atoms with E-state index in [1.807, 2.05) is 54.6 Å². The zero-order chi connectivity index (χ0) is 15.2. The van der Waals surface area contributed by atoms with E-state index in [0.717, 1.165) is 32.9 Å². The van der Waals surface area contributed by atoms with E-state index in [-0.39, 0.29) is 0 Å². The van der Waals surface area contributed by atoms with Crippen molar-refractivity contribution in [2.24, 2.45) is 0 Å². The zero-order valence-electron chi connectivity index (χ0n) is 12.1. The first kappa shape index (κ1) is 12.3. The number of oxazole rings is 1.